The summed E-state index contributed by atoms with van der Waals surface area (Å²) in [5.74, 6) is 3.25. The molecule has 2 aliphatic carbocycles. The monoisotopic (exact) mass is 287 g/mol. The van der Waals surface area contributed by atoms with Crippen LogP contribution in [0.1, 0.15) is 38.5 Å². The molecule has 0 aliphatic heterocycles. The van der Waals surface area contributed by atoms with Gasteiger partial charge in [-0.1, -0.05) is 37.5 Å². The van der Waals surface area contributed by atoms with Gasteiger partial charge in [0, 0.05) is 6.54 Å². The first-order valence-electron chi connectivity index (χ1n) is 8.24. The Morgan fingerprint density at radius 2 is 1.81 bits per heavy atom. The molecule has 2 bridgehead atoms. The van der Waals surface area contributed by atoms with Crippen LogP contribution in [0.4, 0.5) is 0 Å². The zero-order valence-electron chi connectivity index (χ0n) is 12.6. The second-order valence-corrected chi connectivity index (χ2v) is 6.64. The summed E-state index contributed by atoms with van der Waals surface area (Å²) < 4.78 is 5.47. The molecule has 3 heteroatoms. The third-order valence-electron chi connectivity index (χ3n) is 4.93. The van der Waals surface area contributed by atoms with E-state index < -0.39 is 0 Å². The second-order valence-electron chi connectivity index (χ2n) is 6.64. The van der Waals surface area contributed by atoms with E-state index in [4.69, 9.17) is 4.74 Å². The van der Waals surface area contributed by atoms with Crippen LogP contribution in [0.25, 0.3) is 0 Å². The van der Waals surface area contributed by atoms with Crippen LogP contribution in [0.15, 0.2) is 30.3 Å². The lowest BCUT2D eigenvalue weighted by Gasteiger charge is -2.39. The van der Waals surface area contributed by atoms with Crippen molar-refractivity contribution in [2.24, 2.45) is 17.8 Å². The van der Waals surface area contributed by atoms with Crippen molar-refractivity contribution in [1.29, 1.82) is 0 Å². The Bertz CT molecular complexity index is 448. The standard InChI is InChI=1S/C18H25NO2/c20-18(13-21-17-7-2-1-3-8-17)19-12-16-10-14-5-4-6-15(9-14)11-16/h1-3,7-8,14-16H,4-6,9-13H2,(H,19,20). The first-order chi connectivity index (χ1) is 10.3. The van der Waals surface area contributed by atoms with Crippen molar-refractivity contribution in [2.45, 2.75) is 38.5 Å². The molecule has 2 atom stereocenters. The van der Waals surface area contributed by atoms with E-state index in [1.807, 2.05) is 30.3 Å². The molecule has 0 saturated heterocycles. The van der Waals surface area contributed by atoms with Crippen molar-refractivity contribution in [3.8, 4) is 5.75 Å². The lowest BCUT2D eigenvalue weighted by molar-refractivity contribution is -0.123. The number of fused-ring (bicyclic) bond motifs is 2. The number of carbonyl (C=O) groups excluding carboxylic acids is 1. The lowest BCUT2D eigenvalue weighted by atomic mass is 9.68. The van der Waals surface area contributed by atoms with Crippen molar-refractivity contribution >= 4 is 5.91 Å². The molecule has 0 heterocycles. The smallest absolute Gasteiger partial charge is 0.257 e. The minimum atomic E-state index is -0.00501. The van der Waals surface area contributed by atoms with Gasteiger partial charge in [-0.2, -0.15) is 0 Å². The summed E-state index contributed by atoms with van der Waals surface area (Å²) in [5, 5.41) is 3.05. The molecule has 114 valence electrons. The minimum absolute atomic E-state index is 0.00501. The van der Waals surface area contributed by atoms with Gasteiger partial charge in [0.2, 0.25) is 0 Å². The molecule has 1 aromatic carbocycles. The molecule has 0 aromatic heterocycles. The predicted molar refractivity (Wildman–Crippen MR) is 83.1 cm³/mol. The predicted octanol–water partition coefficient (Wildman–Crippen LogP) is 3.40. The van der Waals surface area contributed by atoms with Crippen LogP contribution >= 0.6 is 0 Å². The first-order valence-corrected chi connectivity index (χ1v) is 8.24. The Labute approximate surface area is 127 Å². The highest BCUT2D eigenvalue weighted by Crippen LogP contribution is 2.42. The zero-order chi connectivity index (χ0) is 14.5. The van der Waals surface area contributed by atoms with Crippen molar-refractivity contribution in [3.05, 3.63) is 30.3 Å². The minimum Gasteiger partial charge on any atom is -0.484 e. The fourth-order valence-electron chi connectivity index (χ4n) is 4.01. The quantitative estimate of drug-likeness (QED) is 0.901. The van der Waals surface area contributed by atoms with Crippen LogP contribution in [0.2, 0.25) is 0 Å². The number of para-hydroxylation sites is 1. The molecule has 1 N–H and O–H groups in total. The largest absolute Gasteiger partial charge is 0.484 e. The number of benzene rings is 1. The molecule has 2 fully saturated rings. The number of amides is 1. The van der Waals surface area contributed by atoms with Crippen LogP contribution in [-0.4, -0.2) is 19.1 Å². The van der Waals surface area contributed by atoms with Gasteiger partial charge in [0.25, 0.3) is 5.91 Å². The van der Waals surface area contributed by atoms with Gasteiger partial charge in [-0.15, -0.1) is 0 Å². The molecule has 2 unspecified atom stereocenters. The highest BCUT2D eigenvalue weighted by molar-refractivity contribution is 5.77. The van der Waals surface area contributed by atoms with Gasteiger partial charge >= 0.3 is 0 Å². The number of hydrogen-bond donors (Lipinski definition) is 1. The number of carbonyl (C=O) groups is 1. The summed E-state index contributed by atoms with van der Waals surface area (Å²) in [4.78, 5) is 11.9. The molecule has 3 rings (SSSR count). The molecule has 2 aliphatic rings. The van der Waals surface area contributed by atoms with Crippen LogP contribution < -0.4 is 10.1 Å². The Hall–Kier alpha value is -1.51. The van der Waals surface area contributed by atoms with Crippen LogP contribution in [0.5, 0.6) is 5.75 Å². The van der Waals surface area contributed by atoms with Gasteiger partial charge in [0.1, 0.15) is 5.75 Å². The van der Waals surface area contributed by atoms with E-state index in [0.29, 0.717) is 5.92 Å². The van der Waals surface area contributed by atoms with E-state index in [1.165, 1.54) is 38.5 Å². The number of rotatable bonds is 5. The Morgan fingerprint density at radius 3 is 2.52 bits per heavy atom. The average molecular weight is 287 g/mol. The second kappa shape index (κ2) is 6.97. The molecule has 0 radical (unpaired) electrons. The molecule has 21 heavy (non-hydrogen) atoms. The zero-order valence-corrected chi connectivity index (χ0v) is 12.6. The number of nitrogens with one attached hydrogen (secondary N) is 1. The van der Waals surface area contributed by atoms with Crippen molar-refractivity contribution in [3.63, 3.8) is 0 Å². The van der Waals surface area contributed by atoms with E-state index in [1.54, 1.807) is 0 Å². The fraction of sp³-hybridized carbons (Fsp3) is 0.611. The van der Waals surface area contributed by atoms with E-state index in [0.717, 1.165) is 24.1 Å². The summed E-state index contributed by atoms with van der Waals surface area (Å²) in [6.07, 6.45) is 8.25. The summed E-state index contributed by atoms with van der Waals surface area (Å²) in [7, 11) is 0. The van der Waals surface area contributed by atoms with Gasteiger partial charge in [-0.3, -0.25) is 4.79 Å². The number of hydrogen-bond acceptors (Lipinski definition) is 2. The molecule has 3 nitrogen and oxygen atoms in total. The topological polar surface area (TPSA) is 38.3 Å². The molecular weight excluding hydrogens is 262 g/mol. The van der Waals surface area contributed by atoms with Gasteiger partial charge in [0.15, 0.2) is 6.61 Å². The van der Waals surface area contributed by atoms with Crippen molar-refractivity contribution in [1.82, 2.24) is 5.32 Å². The maximum atomic E-state index is 11.9. The maximum Gasteiger partial charge on any atom is 0.257 e. The fourth-order valence-corrected chi connectivity index (χ4v) is 4.01. The summed E-state index contributed by atoms with van der Waals surface area (Å²) in [6, 6.07) is 9.50. The normalized spacial score (nSPS) is 27.9. The maximum absolute atomic E-state index is 11.9. The lowest BCUT2D eigenvalue weighted by Crippen LogP contribution is -2.37. The van der Waals surface area contributed by atoms with Crippen molar-refractivity contribution in [2.75, 3.05) is 13.2 Å². The highest BCUT2D eigenvalue weighted by Gasteiger charge is 2.31. The third kappa shape index (κ3) is 4.23. The molecular formula is C18H25NO2. The Kier molecular flexibility index (Phi) is 4.79. The van der Waals surface area contributed by atoms with Gasteiger partial charge in [-0.05, 0) is 49.1 Å². The summed E-state index contributed by atoms with van der Waals surface area (Å²) >= 11 is 0. The first kappa shape index (κ1) is 14.4. The Morgan fingerprint density at radius 1 is 1.10 bits per heavy atom. The van der Waals surface area contributed by atoms with Gasteiger partial charge in [0.05, 0.1) is 0 Å². The van der Waals surface area contributed by atoms with E-state index in [-0.39, 0.29) is 12.5 Å². The van der Waals surface area contributed by atoms with E-state index >= 15 is 0 Å². The van der Waals surface area contributed by atoms with E-state index in [9.17, 15) is 4.79 Å². The van der Waals surface area contributed by atoms with E-state index in [2.05, 4.69) is 5.32 Å². The summed E-state index contributed by atoms with van der Waals surface area (Å²) in [5.41, 5.74) is 0. The van der Waals surface area contributed by atoms with Crippen LogP contribution in [0.3, 0.4) is 0 Å². The summed E-state index contributed by atoms with van der Waals surface area (Å²) in [6.45, 7) is 0.938. The van der Waals surface area contributed by atoms with Crippen molar-refractivity contribution < 1.29 is 9.53 Å². The molecule has 0 spiro atoms. The van der Waals surface area contributed by atoms with Crippen LogP contribution in [0, 0.1) is 17.8 Å². The number of ether oxygens (including phenoxy) is 1. The Balaban J connectivity index is 1.38. The third-order valence-corrected chi connectivity index (χ3v) is 4.93. The van der Waals surface area contributed by atoms with Crippen LogP contribution in [-0.2, 0) is 4.79 Å². The SMILES string of the molecule is O=C(COc1ccccc1)NCC1CC2CCCC(C2)C1. The molecule has 2 saturated carbocycles. The highest BCUT2D eigenvalue weighted by atomic mass is 16.5. The average Bonchev–Trinajstić information content (AvgIpc) is 2.52. The molecule has 1 aromatic rings. The molecule has 1 amide bonds. The van der Waals surface area contributed by atoms with Gasteiger partial charge < -0.3 is 10.1 Å². The van der Waals surface area contributed by atoms with Gasteiger partial charge in [-0.25, -0.2) is 0 Å².